The molecule has 0 fully saturated rings. The van der Waals surface area contributed by atoms with Gasteiger partial charge in [0.2, 0.25) is 0 Å². The lowest BCUT2D eigenvalue weighted by Crippen LogP contribution is -2.24. The summed E-state index contributed by atoms with van der Waals surface area (Å²) in [6.07, 6.45) is 0.930. The van der Waals surface area contributed by atoms with Gasteiger partial charge in [0, 0.05) is 4.47 Å². The monoisotopic (exact) mass is 243 g/mol. The van der Waals surface area contributed by atoms with Crippen molar-refractivity contribution in [1.29, 1.82) is 0 Å². The van der Waals surface area contributed by atoms with Gasteiger partial charge in [0.15, 0.2) is 0 Å². The number of hydrogen-bond acceptors (Lipinski definition) is 3. The highest BCUT2D eigenvalue weighted by atomic mass is 79.9. The van der Waals surface area contributed by atoms with E-state index in [0.29, 0.717) is 12.1 Å². The van der Waals surface area contributed by atoms with E-state index in [0.717, 1.165) is 16.5 Å². The Hall–Kier alpha value is -0.740. The van der Waals surface area contributed by atoms with Gasteiger partial charge in [-0.2, -0.15) is 0 Å². The Morgan fingerprint density at radius 3 is 3.00 bits per heavy atom. The van der Waals surface area contributed by atoms with Crippen molar-refractivity contribution >= 4 is 21.6 Å². The minimum absolute atomic E-state index is 0.183. The molecule has 0 spiro atoms. The number of aromatic hydroxyl groups is 1. The summed E-state index contributed by atoms with van der Waals surface area (Å²) < 4.78 is 0.863. The molecule has 0 bridgehead atoms. The highest BCUT2D eigenvalue weighted by Crippen LogP contribution is 2.35. The number of phenolic OH excluding ortho intramolecular Hbond substituents is 1. The van der Waals surface area contributed by atoms with Gasteiger partial charge in [-0.15, -0.1) is 0 Å². The molecule has 1 aromatic rings. The Kier molecular flexibility index (Phi) is 2.17. The Bertz CT molecular complexity index is 341. The van der Waals surface area contributed by atoms with Crippen LogP contribution in [0.3, 0.4) is 0 Å². The normalized spacial score (nSPS) is 20.6. The predicted octanol–water partition coefficient (Wildman–Crippen LogP) is 1.83. The van der Waals surface area contributed by atoms with Crippen LogP contribution in [0.5, 0.6) is 5.75 Å². The number of anilines is 1. The summed E-state index contributed by atoms with van der Waals surface area (Å²) in [5.41, 5.74) is 1.69. The van der Waals surface area contributed by atoms with Gasteiger partial charge in [0.05, 0.1) is 5.69 Å². The molecule has 0 saturated carbocycles. The van der Waals surface area contributed by atoms with E-state index < -0.39 is 6.23 Å². The van der Waals surface area contributed by atoms with Gasteiger partial charge < -0.3 is 15.5 Å². The lowest BCUT2D eigenvalue weighted by molar-refractivity contribution is 0.188. The molecule has 1 unspecified atom stereocenters. The van der Waals surface area contributed by atoms with E-state index in [4.69, 9.17) is 0 Å². The molecule has 0 aromatic heterocycles. The molecule has 1 aliphatic rings. The fourth-order valence-corrected chi connectivity index (χ4v) is 2.04. The number of aryl methyl sites for hydroxylation is 1. The Balaban J connectivity index is 2.47. The second kappa shape index (κ2) is 3.20. The minimum atomic E-state index is -0.542. The van der Waals surface area contributed by atoms with Crippen LogP contribution in [0, 0.1) is 0 Å². The van der Waals surface area contributed by atoms with E-state index in [2.05, 4.69) is 21.2 Å². The second-order valence-electron chi connectivity index (χ2n) is 3.16. The molecule has 4 heteroatoms. The average Bonchev–Trinajstić information content (AvgIpc) is 2.06. The van der Waals surface area contributed by atoms with Gasteiger partial charge in [-0.05, 0) is 30.5 Å². The first-order chi connectivity index (χ1) is 6.16. The van der Waals surface area contributed by atoms with Gasteiger partial charge >= 0.3 is 0 Å². The maximum Gasteiger partial charge on any atom is 0.140 e. The molecule has 0 saturated heterocycles. The molecule has 3 N–H and O–H groups in total. The van der Waals surface area contributed by atoms with E-state index >= 15 is 0 Å². The van der Waals surface area contributed by atoms with Crippen LogP contribution < -0.4 is 5.32 Å². The minimum Gasteiger partial charge on any atom is -0.506 e. The Morgan fingerprint density at radius 2 is 2.23 bits per heavy atom. The number of hydrogen-bond donors (Lipinski definition) is 3. The molecule has 0 radical (unpaired) electrons. The molecule has 13 heavy (non-hydrogen) atoms. The molecule has 2 rings (SSSR count). The van der Waals surface area contributed by atoms with Crippen LogP contribution in [0.15, 0.2) is 16.6 Å². The van der Waals surface area contributed by atoms with Gasteiger partial charge in [0.1, 0.15) is 12.0 Å². The van der Waals surface area contributed by atoms with Crippen molar-refractivity contribution in [3.8, 4) is 5.75 Å². The van der Waals surface area contributed by atoms with E-state index in [9.17, 15) is 10.2 Å². The fraction of sp³-hybridized carbons (Fsp3) is 0.333. The van der Waals surface area contributed by atoms with Crippen molar-refractivity contribution in [3.63, 3.8) is 0 Å². The van der Waals surface area contributed by atoms with E-state index in [-0.39, 0.29) is 5.75 Å². The van der Waals surface area contributed by atoms with Crippen LogP contribution >= 0.6 is 15.9 Å². The van der Waals surface area contributed by atoms with Gasteiger partial charge in [-0.3, -0.25) is 0 Å². The summed E-state index contributed by atoms with van der Waals surface area (Å²) in [5, 5.41) is 21.7. The predicted molar refractivity (Wildman–Crippen MR) is 53.8 cm³/mol. The van der Waals surface area contributed by atoms with E-state index in [1.165, 1.54) is 0 Å². The van der Waals surface area contributed by atoms with Gasteiger partial charge in [0.25, 0.3) is 0 Å². The zero-order chi connectivity index (χ0) is 9.42. The molecule has 70 valence electrons. The summed E-state index contributed by atoms with van der Waals surface area (Å²) in [6, 6.07) is 3.57. The number of aliphatic hydroxyl groups excluding tert-OH is 1. The maximum absolute atomic E-state index is 9.55. The Labute approximate surface area is 84.5 Å². The highest BCUT2D eigenvalue weighted by Gasteiger charge is 2.18. The Morgan fingerprint density at radius 1 is 1.46 bits per heavy atom. The topological polar surface area (TPSA) is 52.5 Å². The quantitative estimate of drug-likeness (QED) is 0.610. The molecule has 1 atom stereocenters. The third kappa shape index (κ3) is 1.64. The standard InChI is InChI=1S/C9H10BrNO2/c10-6-3-5-1-2-8(13)11-9(5)7(12)4-6/h3-4,8,11-13H,1-2H2. The van der Waals surface area contributed by atoms with Gasteiger partial charge in [-0.25, -0.2) is 0 Å². The van der Waals surface area contributed by atoms with Crippen molar-refractivity contribution in [2.45, 2.75) is 19.1 Å². The fourth-order valence-electron chi connectivity index (χ4n) is 1.54. The van der Waals surface area contributed by atoms with Crippen molar-refractivity contribution in [2.75, 3.05) is 5.32 Å². The SMILES string of the molecule is Oc1cc(Br)cc2c1NC(O)CC2. The molecular weight excluding hydrogens is 234 g/mol. The molecule has 1 aromatic carbocycles. The number of benzene rings is 1. The van der Waals surface area contributed by atoms with Crippen LogP contribution in [0.4, 0.5) is 5.69 Å². The number of aliphatic hydroxyl groups is 1. The lowest BCUT2D eigenvalue weighted by atomic mass is 10.0. The van der Waals surface area contributed by atoms with Crippen molar-refractivity contribution < 1.29 is 10.2 Å². The first-order valence-electron chi connectivity index (χ1n) is 4.13. The zero-order valence-corrected chi connectivity index (χ0v) is 8.50. The summed E-state index contributed by atoms with van der Waals surface area (Å²) in [6.45, 7) is 0. The van der Waals surface area contributed by atoms with Gasteiger partial charge in [-0.1, -0.05) is 15.9 Å². The smallest absolute Gasteiger partial charge is 0.140 e. The van der Waals surface area contributed by atoms with Crippen LogP contribution in [0.25, 0.3) is 0 Å². The van der Waals surface area contributed by atoms with Crippen LogP contribution in [-0.2, 0) is 6.42 Å². The van der Waals surface area contributed by atoms with Crippen LogP contribution in [-0.4, -0.2) is 16.4 Å². The zero-order valence-electron chi connectivity index (χ0n) is 6.92. The van der Waals surface area contributed by atoms with Crippen LogP contribution in [0.2, 0.25) is 0 Å². The largest absolute Gasteiger partial charge is 0.506 e. The van der Waals surface area contributed by atoms with Crippen LogP contribution in [0.1, 0.15) is 12.0 Å². The summed E-state index contributed by atoms with van der Waals surface area (Å²) in [5.74, 6) is 0.183. The summed E-state index contributed by atoms with van der Waals surface area (Å²) >= 11 is 3.31. The van der Waals surface area contributed by atoms with Crippen molar-refractivity contribution in [1.82, 2.24) is 0 Å². The summed E-state index contributed by atoms with van der Waals surface area (Å²) in [7, 11) is 0. The number of nitrogens with one attached hydrogen (secondary N) is 1. The van der Waals surface area contributed by atoms with E-state index in [1.807, 2.05) is 6.07 Å². The second-order valence-corrected chi connectivity index (χ2v) is 4.07. The van der Waals surface area contributed by atoms with Crippen molar-refractivity contribution in [3.05, 3.63) is 22.2 Å². The highest BCUT2D eigenvalue weighted by molar-refractivity contribution is 9.10. The average molecular weight is 244 g/mol. The lowest BCUT2D eigenvalue weighted by Gasteiger charge is -2.23. The maximum atomic E-state index is 9.55. The van der Waals surface area contributed by atoms with Crippen molar-refractivity contribution in [2.24, 2.45) is 0 Å². The number of rotatable bonds is 0. The number of fused-ring (bicyclic) bond motifs is 1. The summed E-state index contributed by atoms with van der Waals surface area (Å²) in [4.78, 5) is 0. The number of halogens is 1. The number of phenols is 1. The third-order valence-corrected chi connectivity index (χ3v) is 2.62. The first-order valence-corrected chi connectivity index (χ1v) is 4.92. The first kappa shape index (κ1) is 8.84. The molecule has 0 aliphatic carbocycles. The molecule has 0 amide bonds. The molecule has 1 aliphatic heterocycles. The molecule has 1 heterocycles. The van der Waals surface area contributed by atoms with E-state index in [1.54, 1.807) is 6.07 Å². The molecular formula is C9H10BrNO2. The third-order valence-electron chi connectivity index (χ3n) is 2.16. The molecule has 3 nitrogen and oxygen atoms in total.